The Labute approximate surface area is 111 Å². The molecular formula is C13H20F3N3. The van der Waals surface area contributed by atoms with Gasteiger partial charge in [0.25, 0.3) is 0 Å². The van der Waals surface area contributed by atoms with Gasteiger partial charge in [0.15, 0.2) is 0 Å². The van der Waals surface area contributed by atoms with Gasteiger partial charge in [-0.15, -0.1) is 0 Å². The zero-order valence-corrected chi connectivity index (χ0v) is 11.1. The third-order valence-electron chi connectivity index (χ3n) is 4.01. The fraction of sp³-hybridized carbons (Fsp3) is 0.769. The summed E-state index contributed by atoms with van der Waals surface area (Å²) in [6.45, 7) is 2.78. The second-order valence-corrected chi connectivity index (χ2v) is 5.56. The Kier molecular flexibility index (Phi) is 3.90. The molecule has 1 aliphatic rings. The van der Waals surface area contributed by atoms with Crippen LogP contribution in [0.25, 0.3) is 0 Å². The van der Waals surface area contributed by atoms with E-state index in [0.29, 0.717) is 19.3 Å². The molecule has 1 aromatic rings. The van der Waals surface area contributed by atoms with Crippen LogP contribution in [0.1, 0.15) is 38.2 Å². The van der Waals surface area contributed by atoms with Gasteiger partial charge in [-0.25, -0.2) is 0 Å². The van der Waals surface area contributed by atoms with Crippen molar-refractivity contribution in [1.29, 1.82) is 0 Å². The summed E-state index contributed by atoms with van der Waals surface area (Å²) in [5.41, 5.74) is 6.74. The molecule has 0 saturated heterocycles. The summed E-state index contributed by atoms with van der Waals surface area (Å²) in [7, 11) is 0. The highest BCUT2D eigenvalue weighted by Crippen LogP contribution is 2.41. The van der Waals surface area contributed by atoms with Gasteiger partial charge < -0.3 is 5.73 Å². The lowest BCUT2D eigenvalue weighted by molar-refractivity contribution is -0.184. The summed E-state index contributed by atoms with van der Waals surface area (Å²) in [6.07, 6.45) is 1.34. The zero-order chi connectivity index (χ0) is 14.1. The normalized spacial score (nSPS) is 28.6. The van der Waals surface area contributed by atoms with E-state index in [0.717, 1.165) is 12.1 Å². The molecule has 2 N–H and O–H groups in total. The SMILES string of the molecule is CCn1cc(CC2(N)CCC(C(F)(F)F)CC2)cn1. The molecule has 1 saturated carbocycles. The lowest BCUT2D eigenvalue weighted by Gasteiger charge is -2.37. The third-order valence-corrected chi connectivity index (χ3v) is 4.01. The molecule has 0 radical (unpaired) electrons. The number of nitrogens with zero attached hydrogens (tertiary/aromatic N) is 2. The van der Waals surface area contributed by atoms with Gasteiger partial charge >= 0.3 is 6.18 Å². The highest BCUT2D eigenvalue weighted by Gasteiger charge is 2.44. The van der Waals surface area contributed by atoms with Gasteiger partial charge in [0.1, 0.15) is 0 Å². The molecule has 0 aromatic carbocycles. The van der Waals surface area contributed by atoms with Crippen LogP contribution in [0.15, 0.2) is 12.4 Å². The van der Waals surface area contributed by atoms with Gasteiger partial charge in [0.05, 0.1) is 12.1 Å². The van der Waals surface area contributed by atoms with Crippen molar-refractivity contribution in [2.45, 2.75) is 57.3 Å². The number of hydrogen-bond acceptors (Lipinski definition) is 2. The van der Waals surface area contributed by atoms with Gasteiger partial charge in [-0.1, -0.05) is 0 Å². The summed E-state index contributed by atoms with van der Waals surface area (Å²) >= 11 is 0. The predicted molar refractivity (Wildman–Crippen MR) is 66.5 cm³/mol. The van der Waals surface area contributed by atoms with Crippen molar-refractivity contribution < 1.29 is 13.2 Å². The van der Waals surface area contributed by atoms with Crippen molar-refractivity contribution in [2.24, 2.45) is 11.7 Å². The molecule has 3 nitrogen and oxygen atoms in total. The highest BCUT2D eigenvalue weighted by molar-refractivity contribution is 5.10. The molecule has 0 spiro atoms. The van der Waals surface area contributed by atoms with Crippen LogP contribution in [0.4, 0.5) is 13.2 Å². The number of hydrogen-bond donors (Lipinski definition) is 1. The highest BCUT2D eigenvalue weighted by atomic mass is 19.4. The molecule has 0 aliphatic heterocycles. The first kappa shape index (κ1) is 14.4. The quantitative estimate of drug-likeness (QED) is 0.921. The molecule has 1 fully saturated rings. The monoisotopic (exact) mass is 275 g/mol. The van der Waals surface area contributed by atoms with E-state index in [-0.39, 0.29) is 12.8 Å². The minimum Gasteiger partial charge on any atom is -0.325 e. The second-order valence-electron chi connectivity index (χ2n) is 5.56. The molecule has 0 unspecified atom stereocenters. The number of aryl methyl sites for hydroxylation is 1. The molecule has 0 amide bonds. The summed E-state index contributed by atoms with van der Waals surface area (Å²) in [4.78, 5) is 0. The minimum absolute atomic E-state index is 0.141. The van der Waals surface area contributed by atoms with Crippen molar-refractivity contribution >= 4 is 0 Å². The van der Waals surface area contributed by atoms with Crippen molar-refractivity contribution in [1.82, 2.24) is 9.78 Å². The van der Waals surface area contributed by atoms with Crippen LogP contribution in [-0.4, -0.2) is 21.5 Å². The Balaban J connectivity index is 1.94. The molecular weight excluding hydrogens is 255 g/mol. The van der Waals surface area contributed by atoms with Crippen LogP contribution in [0.5, 0.6) is 0 Å². The Morgan fingerprint density at radius 2 is 2.05 bits per heavy atom. The smallest absolute Gasteiger partial charge is 0.325 e. The van der Waals surface area contributed by atoms with Gasteiger partial charge in [0, 0.05) is 18.3 Å². The maximum absolute atomic E-state index is 12.6. The molecule has 0 atom stereocenters. The van der Waals surface area contributed by atoms with Crippen LogP contribution >= 0.6 is 0 Å². The Morgan fingerprint density at radius 3 is 2.53 bits per heavy atom. The van der Waals surface area contributed by atoms with Crippen molar-refractivity contribution in [3.8, 4) is 0 Å². The Hall–Kier alpha value is -1.04. The summed E-state index contributed by atoms with van der Waals surface area (Å²) in [6, 6.07) is 0. The first-order valence-electron chi connectivity index (χ1n) is 6.69. The minimum atomic E-state index is -4.07. The van der Waals surface area contributed by atoms with E-state index in [1.807, 2.05) is 13.1 Å². The maximum atomic E-state index is 12.6. The predicted octanol–water partition coefficient (Wildman–Crippen LogP) is 2.90. The molecule has 1 heterocycles. The number of rotatable bonds is 3. The van der Waals surface area contributed by atoms with Crippen LogP contribution < -0.4 is 5.73 Å². The van der Waals surface area contributed by atoms with E-state index >= 15 is 0 Å². The van der Waals surface area contributed by atoms with E-state index in [1.165, 1.54) is 0 Å². The summed E-state index contributed by atoms with van der Waals surface area (Å²) in [5.74, 6) is -1.18. The Morgan fingerprint density at radius 1 is 1.42 bits per heavy atom. The van der Waals surface area contributed by atoms with Crippen molar-refractivity contribution in [3.05, 3.63) is 18.0 Å². The van der Waals surface area contributed by atoms with Crippen LogP contribution in [0.2, 0.25) is 0 Å². The van der Waals surface area contributed by atoms with E-state index in [2.05, 4.69) is 5.10 Å². The fourth-order valence-corrected chi connectivity index (χ4v) is 2.77. The van der Waals surface area contributed by atoms with E-state index in [9.17, 15) is 13.2 Å². The summed E-state index contributed by atoms with van der Waals surface area (Å²) in [5, 5.41) is 4.17. The molecule has 1 aromatic heterocycles. The standard InChI is InChI=1S/C13H20F3N3/c1-2-19-9-10(8-18-19)7-12(17)5-3-11(4-6-12)13(14,15)16/h8-9,11H,2-7,17H2,1H3. The van der Waals surface area contributed by atoms with Crippen LogP contribution in [0.3, 0.4) is 0 Å². The molecule has 2 rings (SSSR count). The van der Waals surface area contributed by atoms with Gasteiger partial charge in [0.2, 0.25) is 0 Å². The topological polar surface area (TPSA) is 43.8 Å². The fourth-order valence-electron chi connectivity index (χ4n) is 2.77. The molecule has 108 valence electrons. The molecule has 0 bridgehead atoms. The van der Waals surface area contributed by atoms with Crippen LogP contribution in [0, 0.1) is 5.92 Å². The number of aromatic nitrogens is 2. The number of nitrogens with two attached hydrogens (primary N) is 1. The Bertz CT molecular complexity index is 417. The molecule has 6 heteroatoms. The van der Waals surface area contributed by atoms with E-state index < -0.39 is 17.6 Å². The van der Waals surface area contributed by atoms with Gasteiger partial charge in [-0.05, 0) is 44.6 Å². The third kappa shape index (κ3) is 3.49. The van der Waals surface area contributed by atoms with Gasteiger partial charge in [-0.3, -0.25) is 4.68 Å². The second kappa shape index (κ2) is 5.15. The van der Waals surface area contributed by atoms with Crippen molar-refractivity contribution in [3.63, 3.8) is 0 Å². The lowest BCUT2D eigenvalue weighted by Crippen LogP contribution is -2.47. The first-order valence-corrected chi connectivity index (χ1v) is 6.69. The number of alkyl halides is 3. The van der Waals surface area contributed by atoms with E-state index in [1.54, 1.807) is 10.9 Å². The summed E-state index contributed by atoms with van der Waals surface area (Å²) < 4.78 is 39.7. The number of halogens is 3. The molecule has 19 heavy (non-hydrogen) atoms. The maximum Gasteiger partial charge on any atom is 0.391 e. The largest absolute Gasteiger partial charge is 0.391 e. The van der Waals surface area contributed by atoms with Crippen LogP contribution in [-0.2, 0) is 13.0 Å². The zero-order valence-electron chi connectivity index (χ0n) is 11.1. The van der Waals surface area contributed by atoms with Gasteiger partial charge in [-0.2, -0.15) is 18.3 Å². The first-order chi connectivity index (χ1) is 8.82. The molecule has 1 aliphatic carbocycles. The lowest BCUT2D eigenvalue weighted by atomic mass is 9.74. The van der Waals surface area contributed by atoms with Crippen molar-refractivity contribution in [2.75, 3.05) is 0 Å². The average Bonchev–Trinajstić information content (AvgIpc) is 2.75. The van der Waals surface area contributed by atoms with E-state index in [4.69, 9.17) is 5.73 Å². The average molecular weight is 275 g/mol.